The van der Waals surface area contributed by atoms with Crippen LogP contribution in [0.3, 0.4) is 0 Å². The van der Waals surface area contributed by atoms with Crippen LogP contribution < -0.4 is 20.1 Å². The van der Waals surface area contributed by atoms with E-state index < -0.39 is 0 Å². The summed E-state index contributed by atoms with van der Waals surface area (Å²) in [6.45, 7) is 5.25. The smallest absolute Gasteiger partial charge is 0.191 e. The standard InChI is InChI=1S/C20H27N3O2S/c1-15(11-17-5-3-10-26-17)13-22-20(21-2)23-14-16-6-7-18-19(12-16)25-9-4-8-24-18/h3,5-7,10,12,15H,4,8-9,11,13-14H2,1-2H3,(H2,21,22,23). The highest BCUT2D eigenvalue weighted by atomic mass is 32.1. The van der Waals surface area contributed by atoms with E-state index in [4.69, 9.17) is 9.47 Å². The lowest BCUT2D eigenvalue weighted by atomic mass is 10.1. The van der Waals surface area contributed by atoms with Crippen molar-refractivity contribution in [2.45, 2.75) is 26.3 Å². The van der Waals surface area contributed by atoms with Crippen molar-refractivity contribution >= 4 is 17.3 Å². The second kappa shape index (κ2) is 9.48. The molecule has 3 rings (SSSR count). The zero-order valence-electron chi connectivity index (χ0n) is 15.5. The maximum Gasteiger partial charge on any atom is 0.191 e. The Kier molecular flexibility index (Phi) is 6.77. The fourth-order valence-electron chi connectivity index (χ4n) is 2.84. The molecule has 0 saturated heterocycles. The van der Waals surface area contributed by atoms with Crippen molar-refractivity contribution in [1.82, 2.24) is 10.6 Å². The van der Waals surface area contributed by atoms with Gasteiger partial charge in [-0.05, 0) is 41.5 Å². The van der Waals surface area contributed by atoms with Crippen LogP contribution in [0.1, 0.15) is 23.8 Å². The van der Waals surface area contributed by atoms with Crippen molar-refractivity contribution in [2.24, 2.45) is 10.9 Å². The number of fused-ring (bicyclic) bond motifs is 1. The summed E-state index contributed by atoms with van der Waals surface area (Å²) in [5.41, 5.74) is 1.14. The number of ether oxygens (including phenoxy) is 2. The molecule has 140 valence electrons. The summed E-state index contributed by atoms with van der Waals surface area (Å²) in [5.74, 6) is 3.02. The maximum absolute atomic E-state index is 5.75. The molecule has 5 nitrogen and oxygen atoms in total. The average molecular weight is 374 g/mol. The van der Waals surface area contributed by atoms with Gasteiger partial charge in [0.2, 0.25) is 0 Å². The van der Waals surface area contributed by atoms with E-state index in [2.05, 4.69) is 46.1 Å². The van der Waals surface area contributed by atoms with Gasteiger partial charge in [-0.25, -0.2) is 0 Å². The summed E-state index contributed by atoms with van der Waals surface area (Å²) in [6, 6.07) is 10.4. The Balaban J connectivity index is 1.47. The highest BCUT2D eigenvalue weighted by molar-refractivity contribution is 7.09. The lowest BCUT2D eigenvalue weighted by molar-refractivity contribution is 0.297. The number of thiophene rings is 1. The minimum Gasteiger partial charge on any atom is -0.490 e. The first-order valence-corrected chi connectivity index (χ1v) is 9.98. The van der Waals surface area contributed by atoms with E-state index in [-0.39, 0.29) is 0 Å². The number of aliphatic imine (C=N–C) groups is 1. The Morgan fingerprint density at radius 1 is 1.19 bits per heavy atom. The molecule has 26 heavy (non-hydrogen) atoms. The van der Waals surface area contributed by atoms with Crippen molar-refractivity contribution in [3.05, 3.63) is 46.2 Å². The van der Waals surface area contributed by atoms with Gasteiger partial charge < -0.3 is 20.1 Å². The summed E-state index contributed by atoms with van der Waals surface area (Å²) in [5, 5.41) is 8.91. The third-order valence-electron chi connectivity index (χ3n) is 4.24. The Morgan fingerprint density at radius 2 is 2.04 bits per heavy atom. The van der Waals surface area contributed by atoms with Gasteiger partial charge in [0.1, 0.15) is 0 Å². The van der Waals surface area contributed by atoms with Gasteiger partial charge in [0.15, 0.2) is 17.5 Å². The molecule has 1 aromatic heterocycles. The van der Waals surface area contributed by atoms with Gasteiger partial charge in [-0.2, -0.15) is 0 Å². The second-order valence-corrected chi connectivity index (χ2v) is 7.56. The molecule has 1 aliphatic rings. The van der Waals surface area contributed by atoms with Crippen LogP contribution in [0.15, 0.2) is 40.7 Å². The quantitative estimate of drug-likeness (QED) is 0.601. The summed E-state index contributed by atoms with van der Waals surface area (Å²) >= 11 is 1.82. The van der Waals surface area contributed by atoms with Crippen LogP contribution in [0.2, 0.25) is 0 Å². The van der Waals surface area contributed by atoms with E-state index in [9.17, 15) is 0 Å². The Hall–Kier alpha value is -2.21. The van der Waals surface area contributed by atoms with E-state index >= 15 is 0 Å². The van der Waals surface area contributed by atoms with Gasteiger partial charge >= 0.3 is 0 Å². The van der Waals surface area contributed by atoms with E-state index in [0.717, 1.165) is 42.4 Å². The van der Waals surface area contributed by atoms with Crippen LogP contribution in [-0.2, 0) is 13.0 Å². The molecule has 0 spiro atoms. The zero-order valence-corrected chi connectivity index (χ0v) is 16.3. The van der Waals surface area contributed by atoms with Gasteiger partial charge in [0.25, 0.3) is 0 Å². The third kappa shape index (κ3) is 5.39. The first-order chi connectivity index (χ1) is 12.7. The second-order valence-electron chi connectivity index (χ2n) is 6.53. The van der Waals surface area contributed by atoms with E-state index in [1.165, 1.54) is 4.88 Å². The van der Waals surface area contributed by atoms with E-state index in [0.29, 0.717) is 25.7 Å². The fourth-order valence-corrected chi connectivity index (χ4v) is 3.71. The van der Waals surface area contributed by atoms with Crippen LogP contribution in [0, 0.1) is 5.92 Å². The number of hydrogen-bond acceptors (Lipinski definition) is 4. The molecule has 0 bridgehead atoms. The average Bonchev–Trinajstić information content (AvgIpc) is 3.04. The van der Waals surface area contributed by atoms with E-state index in [1.807, 2.05) is 23.5 Å². The molecular formula is C20H27N3O2S. The minimum atomic E-state index is 0.547. The molecule has 2 aromatic rings. The van der Waals surface area contributed by atoms with Gasteiger partial charge in [-0.3, -0.25) is 4.99 Å². The molecule has 1 aliphatic heterocycles. The Bertz CT molecular complexity index is 716. The van der Waals surface area contributed by atoms with Crippen LogP contribution in [-0.4, -0.2) is 32.8 Å². The van der Waals surface area contributed by atoms with Gasteiger partial charge in [-0.15, -0.1) is 11.3 Å². The minimum absolute atomic E-state index is 0.547. The number of nitrogens with zero attached hydrogens (tertiary/aromatic N) is 1. The van der Waals surface area contributed by atoms with Crippen molar-refractivity contribution in [3.8, 4) is 11.5 Å². The normalized spacial score (nSPS) is 15.2. The summed E-state index contributed by atoms with van der Waals surface area (Å²) in [4.78, 5) is 5.74. The first-order valence-electron chi connectivity index (χ1n) is 9.10. The molecule has 2 N–H and O–H groups in total. The molecule has 6 heteroatoms. The zero-order chi connectivity index (χ0) is 18.2. The molecule has 1 aromatic carbocycles. The topological polar surface area (TPSA) is 54.9 Å². The third-order valence-corrected chi connectivity index (χ3v) is 5.14. The molecule has 0 amide bonds. The number of benzene rings is 1. The molecule has 0 radical (unpaired) electrons. The summed E-state index contributed by atoms with van der Waals surface area (Å²) in [6.07, 6.45) is 2.01. The number of guanidine groups is 1. The van der Waals surface area contributed by atoms with Gasteiger partial charge in [0, 0.05) is 31.4 Å². The van der Waals surface area contributed by atoms with E-state index in [1.54, 1.807) is 7.05 Å². The monoisotopic (exact) mass is 373 g/mol. The number of nitrogens with one attached hydrogen (secondary N) is 2. The molecule has 0 fully saturated rings. The highest BCUT2D eigenvalue weighted by Crippen LogP contribution is 2.30. The van der Waals surface area contributed by atoms with Crippen molar-refractivity contribution in [3.63, 3.8) is 0 Å². The number of hydrogen-bond donors (Lipinski definition) is 2. The Labute approximate surface area is 159 Å². The number of rotatable bonds is 6. The van der Waals surface area contributed by atoms with Gasteiger partial charge in [-0.1, -0.05) is 19.1 Å². The molecule has 0 aliphatic carbocycles. The van der Waals surface area contributed by atoms with Crippen LogP contribution in [0.4, 0.5) is 0 Å². The molecular weight excluding hydrogens is 346 g/mol. The lowest BCUT2D eigenvalue weighted by Crippen LogP contribution is -2.39. The van der Waals surface area contributed by atoms with Gasteiger partial charge in [0.05, 0.1) is 13.2 Å². The summed E-state index contributed by atoms with van der Waals surface area (Å²) in [7, 11) is 1.80. The SMILES string of the molecule is CN=C(NCc1ccc2c(c1)OCCCO2)NCC(C)Cc1cccs1. The predicted molar refractivity (Wildman–Crippen MR) is 107 cm³/mol. The van der Waals surface area contributed by atoms with Crippen LogP contribution in [0.25, 0.3) is 0 Å². The molecule has 1 unspecified atom stereocenters. The molecule has 2 heterocycles. The van der Waals surface area contributed by atoms with Crippen molar-refractivity contribution < 1.29 is 9.47 Å². The van der Waals surface area contributed by atoms with Crippen molar-refractivity contribution in [1.29, 1.82) is 0 Å². The Morgan fingerprint density at radius 3 is 2.81 bits per heavy atom. The summed E-state index contributed by atoms with van der Waals surface area (Å²) < 4.78 is 11.4. The van der Waals surface area contributed by atoms with Crippen LogP contribution in [0.5, 0.6) is 11.5 Å². The molecule has 0 saturated carbocycles. The maximum atomic E-state index is 5.75. The highest BCUT2D eigenvalue weighted by Gasteiger charge is 2.11. The predicted octanol–water partition coefficient (Wildman–Crippen LogP) is 3.45. The first kappa shape index (κ1) is 18.6. The van der Waals surface area contributed by atoms with Crippen molar-refractivity contribution in [2.75, 3.05) is 26.8 Å². The fraction of sp³-hybridized carbons (Fsp3) is 0.450. The largest absolute Gasteiger partial charge is 0.490 e. The lowest BCUT2D eigenvalue weighted by Gasteiger charge is -2.16. The molecule has 1 atom stereocenters. The van der Waals surface area contributed by atoms with Crippen LogP contribution >= 0.6 is 11.3 Å².